The summed E-state index contributed by atoms with van der Waals surface area (Å²) in [5.74, 6) is 1.16. The first-order chi connectivity index (χ1) is 15.4. The average Bonchev–Trinajstić information content (AvgIpc) is 2.79. The maximum Gasteiger partial charge on any atom is 0.269 e. The van der Waals surface area contributed by atoms with Gasteiger partial charge in [0.2, 0.25) is 11.8 Å². The molecule has 9 heteroatoms. The minimum Gasteiger partial charge on any atom is -0.497 e. The van der Waals surface area contributed by atoms with Crippen LogP contribution in [-0.2, 0) is 21.9 Å². The zero-order valence-corrected chi connectivity index (χ0v) is 19.4. The highest BCUT2D eigenvalue weighted by Crippen LogP contribution is 2.20. The van der Waals surface area contributed by atoms with Crippen LogP contribution in [0.15, 0.2) is 48.5 Å². The monoisotopic (exact) mass is 459 g/mol. The summed E-state index contributed by atoms with van der Waals surface area (Å²) >= 11 is 1.41. The van der Waals surface area contributed by atoms with E-state index in [-0.39, 0.29) is 23.3 Å². The van der Waals surface area contributed by atoms with Gasteiger partial charge in [0.1, 0.15) is 11.8 Å². The first-order valence-corrected chi connectivity index (χ1v) is 11.6. The summed E-state index contributed by atoms with van der Waals surface area (Å²) in [6.45, 7) is 4.55. The number of methoxy groups -OCH3 is 1. The number of thioether (sulfide) groups is 1. The second kappa shape index (κ2) is 12.7. The van der Waals surface area contributed by atoms with Crippen LogP contribution in [0.1, 0.15) is 31.4 Å². The maximum atomic E-state index is 13.1. The molecule has 2 rings (SSSR count). The Hall–Kier alpha value is -3.07. The van der Waals surface area contributed by atoms with Gasteiger partial charge >= 0.3 is 0 Å². The molecule has 0 heterocycles. The summed E-state index contributed by atoms with van der Waals surface area (Å²) in [6.07, 6.45) is 0.501. The Morgan fingerprint density at radius 1 is 1.09 bits per heavy atom. The van der Waals surface area contributed by atoms with Crippen molar-refractivity contribution in [3.63, 3.8) is 0 Å². The van der Waals surface area contributed by atoms with E-state index in [9.17, 15) is 19.7 Å². The van der Waals surface area contributed by atoms with Crippen LogP contribution in [0, 0.1) is 10.1 Å². The first-order valence-electron chi connectivity index (χ1n) is 10.4. The minimum absolute atomic E-state index is 0.0354. The van der Waals surface area contributed by atoms with Crippen molar-refractivity contribution >= 4 is 29.3 Å². The number of amides is 2. The van der Waals surface area contributed by atoms with Gasteiger partial charge in [0.25, 0.3) is 5.69 Å². The number of likely N-dealkylation sites (N-methyl/N-ethyl adjacent to an activating group) is 1. The number of non-ortho nitro benzene ring substituents is 1. The summed E-state index contributed by atoms with van der Waals surface area (Å²) in [5.41, 5.74) is 1.83. The summed E-state index contributed by atoms with van der Waals surface area (Å²) in [4.78, 5) is 37.7. The zero-order chi connectivity index (χ0) is 23.5. The normalized spacial score (nSPS) is 11.5. The number of rotatable bonds is 12. The van der Waals surface area contributed by atoms with Crippen LogP contribution in [0.2, 0.25) is 0 Å². The van der Waals surface area contributed by atoms with Crippen molar-refractivity contribution < 1.29 is 19.2 Å². The molecule has 0 aliphatic carbocycles. The fourth-order valence-corrected chi connectivity index (χ4v) is 4.06. The SMILES string of the molecule is CCNC(=O)C(CC)N(Cc1ccc(OC)cc1)C(=O)CSCc1ccc([N+](=O)[O-])cc1. The molecule has 1 atom stereocenters. The second-order valence-electron chi connectivity index (χ2n) is 7.10. The molecule has 0 saturated carbocycles. The predicted octanol–water partition coefficient (Wildman–Crippen LogP) is 3.78. The van der Waals surface area contributed by atoms with Crippen LogP contribution in [0.3, 0.4) is 0 Å². The van der Waals surface area contributed by atoms with Crippen molar-refractivity contribution in [1.29, 1.82) is 0 Å². The van der Waals surface area contributed by atoms with Crippen molar-refractivity contribution in [2.75, 3.05) is 19.4 Å². The van der Waals surface area contributed by atoms with Crippen LogP contribution in [0.4, 0.5) is 5.69 Å². The third-order valence-corrected chi connectivity index (χ3v) is 5.88. The molecule has 172 valence electrons. The van der Waals surface area contributed by atoms with E-state index in [4.69, 9.17) is 4.74 Å². The number of nitrogens with one attached hydrogen (secondary N) is 1. The van der Waals surface area contributed by atoms with Crippen molar-refractivity contribution in [2.45, 2.75) is 38.6 Å². The average molecular weight is 460 g/mol. The Bertz CT molecular complexity index is 903. The molecule has 2 aromatic carbocycles. The molecule has 0 saturated heterocycles. The van der Waals surface area contributed by atoms with E-state index in [2.05, 4.69) is 5.32 Å². The molecule has 2 amide bonds. The molecule has 0 aromatic heterocycles. The van der Waals surface area contributed by atoms with Crippen LogP contribution in [0.25, 0.3) is 0 Å². The quantitative estimate of drug-likeness (QED) is 0.383. The fraction of sp³-hybridized carbons (Fsp3) is 0.391. The lowest BCUT2D eigenvalue weighted by Crippen LogP contribution is -2.49. The Kier molecular flexibility index (Phi) is 10.0. The van der Waals surface area contributed by atoms with E-state index in [1.54, 1.807) is 24.1 Å². The third-order valence-electron chi connectivity index (χ3n) is 4.89. The number of ether oxygens (including phenoxy) is 1. The fourth-order valence-electron chi connectivity index (χ4n) is 3.19. The molecule has 0 aliphatic heterocycles. The number of nitro benzene ring substituents is 1. The van der Waals surface area contributed by atoms with E-state index in [0.29, 0.717) is 25.3 Å². The Labute approximate surface area is 192 Å². The van der Waals surface area contributed by atoms with Gasteiger partial charge in [-0.15, -0.1) is 11.8 Å². The van der Waals surface area contributed by atoms with Crippen molar-refractivity contribution in [2.24, 2.45) is 0 Å². The van der Waals surface area contributed by atoms with Gasteiger partial charge in [0, 0.05) is 31.0 Å². The Morgan fingerprint density at radius 2 is 1.72 bits per heavy atom. The molecule has 0 radical (unpaired) electrons. The highest BCUT2D eigenvalue weighted by atomic mass is 32.2. The van der Waals surface area contributed by atoms with Crippen LogP contribution in [0.5, 0.6) is 5.75 Å². The Morgan fingerprint density at radius 3 is 2.25 bits per heavy atom. The van der Waals surface area contributed by atoms with Crippen molar-refractivity contribution in [3.8, 4) is 5.75 Å². The first kappa shape index (κ1) is 25.2. The molecule has 0 fully saturated rings. The molecule has 1 N–H and O–H groups in total. The number of benzene rings is 2. The molecule has 1 unspecified atom stereocenters. The smallest absolute Gasteiger partial charge is 0.269 e. The standard InChI is InChI=1S/C23H29N3O5S/c1-4-21(23(28)24-5-2)25(14-17-8-12-20(31-3)13-9-17)22(27)16-32-15-18-6-10-19(11-7-18)26(29)30/h6-13,21H,4-5,14-16H2,1-3H3,(H,24,28). The van der Waals surface area contributed by atoms with Crippen molar-refractivity contribution in [1.82, 2.24) is 10.2 Å². The number of nitrogens with zero attached hydrogens (tertiary/aromatic N) is 2. The van der Waals surface area contributed by atoms with Crippen molar-refractivity contribution in [3.05, 3.63) is 69.8 Å². The Balaban J connectivity index is 2.09. The lowest BCUT2D eigenvalue weighted by atomic mass is 10.1. The molecule has 8 nitrogen and oxygen atoms in total. The van der Waals surface area contributed by atoms with Crippen LogP contribution >= 0.6 is 11.8 Å². The van der Waals surface area contributed by atoms with Crippen LogP contribution < -0.4 is 10.1 Å². The number of carbonyl (C=O) groups is 2. The van der Waals surface area contributed by atoms with E-state index < -0.39 is 11.0 Å². The van der Waals surface area contributed by atoms with Gasteiger partial charge in [-0.2, -0.15) is 0 Å². The summed E-state index contributed by atoms with van der Waals surface area (Å²) < 4.78 is 5.19. The molecule has 32 heavy (non-hydrogen) atoms. The molecule has 2 aromatic rings. The lowest BCUT2D eigenvalue weighted by molar-refractivity contribution is -0.384. The predicted molar refractivity (Wildman–Crippen MR) is 126 cm³/mol. The van der Waals surface area contributed by atoms with Gasteiger partial charge in [-0.05, 0) is 36.6 Å². The summed E-state index contributed by atoms with van der Waals surface area (Å²) in [5, 5.41) is 13.6. The molecule has 0 aliphatic rings. The van der Waals surface area contributed by atoms with E-state index in [0.717, 1.165) is 16.9 Å². The third kappa shape index (κ3) is 7.26. The minimum atomic E-state index is -0.565. The highest BCUT2D eigenvalue weighted by Gasteiger charge is 2.28. The molecule has 0 bridgehead atoms. The second-order valence-corrected chi connectivity index (χ2v) is 8.09. The maximum absolute atomic E-state index is 13.1. The molecule has 0 spiro atoms. The summed E-state index contributed by atoms with van der Waals surface area (Å²) in [6, 6.07) is 13.1. The number of carbonyl (C=O) groups excluding carboxylic acids is 2. The largest absolute Gasteiger partial charge is 0.497 e. The zero-order valence-electron chi connectivity index (χ0n) is 18.6. The van der Waals surface area contributed by atoms with Crippen LogP contribution in [-0.4, -0.2) is 47.1 Å². The topological polar surface area (TPSA) is 102 Å². The molecular formula is C23H29N3O5S. The number of nitro groups is 1. The number of hydrogen-bond acceptors (Lipinski definition) is 6. The van der Waals surface area contributed by atoms with E-state index in [1.165, 1.54) is 23.9 Å². The lowest BCUT2D eigenvalue weighted by Gasteiger charge is -2.30. The van der Waals surface area contributed by atoms with Gasteiger partial charge < -0.3 is 15.0 Å². The van der Waals surface area contributed by atoms with Gasteiger partial charge in [0.15, 0.2) is 0 Å². The molecular weight excluding hydrogens is 430 g/mol. The highest BCUT2D eigenvalue weighted by molar-refractivity contribution is 7.99. The van der Waals surface area contributed by atoms with E-state index >= 15 is 0 Å². The van der Waals surface area contributed by atoms with Gasteiger partial charge in [-0.25, -0.2) is 0 Å². The number of hydrogen-bond donors (Lipinski definition) is 1. The van der Waals surface area contributed by atoms with Gasteiger partial charge in [0.05, 0.1) is 17.8 Å². The van der Waals surface area contributed by atoms with E-state index in [1.807, 2.05) is 38.1 Å². The van der Waals surface area contributed by atoms with Gasteiger partial charge in [-0.3, -0.25) is 19.7 Å². The summed E-state index contributed by atoms with van der Waals surface area (Å²) in [7, 11) is 1.59. The van der Waals surface area contributed by atoms with Gasteiger partial charge in [-0.1, -0.05) is 31.2 Å².